The largest absolute Gasteiger partial charge is 0.417 e. The molecule has 0 unspecified atom stereocenters. The Labute approximate surface area is 147 Å². The first-order valence-electron chi connectivity index (χ1n) is 6.25. The van der Waals surface area contributed by atoms with Crippen LogP contribution in [0.2, 0.25) is 5.02 Å². The van der Waals surface area contributed by atoms with Gasteiger partial charge in [0, 0.05) is 6.20 Å². The minimum atomic E-state index is -4.54. The smallest absolute Gasteiger partial charge is 0.272 e. The maximum absolute atomic E-state index is 12.5. The highest BCUT2D eigenvalue weighted by atomic mass is 35.5. The van der Waals surface area contributed by atoms with Crippen LogP contribution in [0.25, 0.3) is 0 Å². The number of nitrogens with zero attached hydrogens (tertiary/aromatic N) is 1. The number of carbonyl (C=O) groups is 2. The molecule has 2 heterocycles. The predicted molar refractivity (Wildman–Crippen MR) is 84.9 cm³/mol. The van der Waals surface area contributed by atoms with Crippen molar-refractivity contribution in [2.45, 2.75) is 11.2 Å². The van der Waals surface area contributed by atoms with Gasteiger partial charge in [-0.15, -0.1) is 11.3 Å². The van der Waals surface area contributed by atoms with Crippen LogP contribution in [0.4, 0.5) is 13.2 Å². The Morgan fingerprint density at radius 3 is 2.67 bits per heavy atom. The van der Waals surface area contributed by atoms with E-state index in [0.29, 0.717) is 11.1 Å². The molecule has 2 amide bonds. The normalized spacial score (nSPS) is 11.2. The quantitative estimate of drug-likeness (QED) is 0.615. The van der Waals surface area contributed by atoms with Gasteiger partial charge >= 0.3 is 6.18 Å². The van der Waals surface area contributed by atoms with Crippen LogP contribution in [0.15, 0.2) is 34.8 Å². The van der Waals surface area contributed by atoms with Gasteiger partial charge in [-0.05, 0) is 17.5 Å². The molecule has 5 nitrogen and oxygen atoms in total. The van der Waals surface area contributed by atoms with E-state index in [2.05, 4.69) is 15.8 Å². The maximum atomic E-state index is 12.5. The van der Waals surface area contributed by atoms with Crippen LogP contribution < -0.4 is 10.9 Å². The Balaban J connectivity index is 1.84. The molecule has 0 aliphatic rings. The van der Waals surface area contributed by atoms with Crippen LogP contribution in [0.5, 0.6) is 0 Å². The lowest BCUT2D eigenvalue weighted by atomic mass is 10.3. The minimum Gasteiger partial charge on any atom is -0.272 e. The number of thioether (sulfide) groups is 1. The summed E-state index contributed by atoms with van der Waals surface area (Å²) >= 11 is 7.79. The number of rotatable bonds is 4. The molecule has 0 aliphatic carbocycles. The lowest BCUT2D eigenvalue weighted by Gasteiger charge is -2.09. The first kappa shape index (κ1) is 18.6. The van der Waals surface area contributed by atoms with E-state index in [1.807, 2.05) is 0 Å². The third-order valence-corrected chi connectivity index (χ3v) is 4.81. The van der Waals surface area contributed by atoms with Crippen molar-refractivity contribution in [3.05, 3.63) is 45.2 Å². The number of hydrogen-bond donors (Lipinski definition) is 2. The summed E-state index contributed by atoms with van der Waals surface area (Å²) in [7, 11) is 0. The minimum absolute atomic E-state index is 0.0874. The Kier molecular flexibility index (Phi) is 6.08. The number of halogens is 4. The lowest BCUT2D eigenvalue weighted by Crippen LogP contribution is -2.42. The van der Waals surface area contributed by atoms with Crippen LogP contribution >= 0.6 is 34.7 Å². The van der Waals surface area contributed by atoms with E-state index in [1.165, 1.54) is 11.3 Å². The molecule has 0 atom stereocenters. The van der Waals surface area contributed by atoms with Crippen molar-refractivity contribution in [1.82, 2.24) is 15.8 Å². The van der Waals surface area contributed by atoms with Gasteiger partial charge in [-0.2, -0.15) is 13.2 Å². The van der Waals surface area contributed by atoms with Crippen LogP contribution in [0.3, 0.4) is 0 Å². The van der Waals surface area contributed by atoms with E-state index in [-0.39, 0.29) is 15.8 Å². The average Bonchev–Trinajstić information content (AvgIpc) is 3.04. The van der Waals surface area contributed by atoms with E-state index in [1.54, 1.807) is 17.5 Å². The molecule has 2 N–H and O–H groups in total. The van der Waals surface area contributed by atoms with E-state index in [4.69, 9.17) is 11.6 Å². The molecule has 2 aromatic rings. The number of carbonyl (C=O) groups excluding carboxylic acids is 2. The van der Waals surface area contributed by atoms with Crippen molar-refractivity contribution in [2.75, 3.05) is 5.75 Å². The molecule has 0 saturated carbocycles. The summed E-state index contributed by atoms with van der Waals surface area (Å²) in [5.74, 6) is -1.19. The molecular formula is C13H9ClF3N3O2S2. The Morgan fingerprint density at radius 1 is 1.33 bits per heavy atom. The van der Waals surface area contributed by atoms with Gasteiger partial charge in [0.25, 0.3) is 5.91 Å². The van der Waals surface area contributed by atoms with Crippen LogP contribution in [-0.2, 0) is 11.0 Å². The van der Waals surface area contributed by atoms with Gasteiger partial charge in [0.05, 0.1) is 21.2 Å². The second kappa shape index (κ2) is 7.86. The fraction of sp³-hybridized carbons (Fsp3) is 0.154. The molecule has 0 spiro atoms. The topological polar surface area (TPSA) is 71.1 Å². The van der Waals surface area contributed by atoms with Crippen LogP contribution in [-0.4, -0.2) is 22.6 Å². The Hall–Kier alpha value is -1.78. The monoisotopic (exact) mass is 395 g/mol. The number of hydrogen-bond acceptors (Lipinski definition) is 5. The van der Waals surface area contributed by atoms with Gasteiger partial charge in [-0.25, -0.2) is 4.98 Å². The van der Waals surface area contributed by atoms with Gasteiger partial charge in [-0.3, -0.25) is 20.4 Å². The summed E-state index contributed by atoms with van der Waals surface area (Å²) < 4.78 is 37.5. The van der Waals surface area contributed by atoms with Gasteiger partial charge in [-0.1, -0.05) is 29.4 Å². The zero-order valence-corrected chi connectivity index (χ0v) is 14.1. The average molecular weight is 396 g/mol. The van der Waals surface area contributed by atoms with Gasteiger partial charge < -0.3 is 0 Å². The number of thiophene rings is 1. The summed E-state index contributed by atoms with van der Waals surface area (Å²) in [5.41, 5.74) is 3.45. The van der Waals surface area contributed by atoms with Crippen molar-refractivity contribution in [1.29, 1.82) is 0 Å². The first-order chi connectivity index (χ1) is 11.3. The number of hydrazine groups is 1. The molecule has 128 valence electrons. The number of amides is 2. The SMILES string of the molecule is O=C(CSc1ncc(C(F)(F)F)cc1Cl)NNC(=O)c1cccs1. The molecule has 0 saturated heterocycles. The highest BCUT2D eigenvalue weighted by molar-refractivity contribution is 8.00. The number of alkyl halides is 3. The van der Waals surface area contributed by atoms with E-state index in [0.717, 1.165) is 17.8 Å². The molecule has 0 fully saturated rings. The molecule has 11 heteroatoms. The molecule has 0 bridgehead atoms. The number of pyridine rings is 1. The van der Waals surface area contributed by atoms with E-state index >= 15 is 0 Å². The summed E-state index contributed by atoms with van der Waals surface area (Å²) in [6, 6.07) is 4.02. The standard InChI is InChI=1S/C13H9ClF3N3O2S2/c14-8-4-7(13(15,16)17)5-18-12(8)24-6-10(21)19-20-11(22)9-2-1-3-23-9/h1-5H,6H2,(H,19,21)(H,20,22). The predicted octanol–water partition coefficient (Wildman–Crippen LogP) is 3.37. The highest BCUT2D eigenvalue weighted by Gasteiger charge is 2.31. The van der Waals surface area contributed by atoms with E-state index in [9.17, 15) is 22.8 Å². The maximum Gasteiger partial charge on any atom is 0.417 e. The summed E-state index contributed by atoms with van der Waals surface area (Å²) in [6.45, 7) is 0. The molecule has 0 radical (unpaired) electrons. The second-order valence-corrected chi connectivity index (χ2v) is 6.60. The van der Waals surface area contributed by atoms with Crippen LogP contribution in [0, 0.1) is 0 Å². The Bertz CT molecular complexity index is 739. The Morgan fingerprint density at radius 2 is 2.08 bits per heavy atom. The van der Waals surface area contributed by atoms with E-state index < -0.39 is 23.6 Å². The van der Waals surface area contributed by atoms with Gasteiger partial charge in [0.1, 0.15) is 5.03 Å². The zero-order chi connectivity index (χ0) is 17.7. The van der Waals surface area contributed by atoms with Crippen LogP contribution in [0.1, 0.15) is 15.2 Å². The molecule has 0 aliphatic heterocycles. The molecule has 0 aromatic carbocycles. The molecular weight excluding hydrogens is 387 g/mol. The van der Waals surface area contributed by atoms with Crippen molar-refractivity contribution >= 4 is 46.5 Å². The van der Waals surface area contributed by atoms with Crippen molar-refractivity contribution in [3.63, 3.8) is 0 Å². The third-order valence-electron chi connectivity index (χ3n) is 2.54. The summed E-state index contributed by atoms with van der Waals surface area (Å²) in [5, 5.41) is 1.60. The van der Waals surface area contributed by atoms with Gasteiger partial charge in [0.2, 0.25) is 5.91 Å². The third kappa shape index (κ3) is 5.11. The second-order valence-electron chi connectivity index (χ2n) is 4.28. The van der Waals surface area contributed by atoms with Crippen molar-refractivity contribution in [3.8, 4) is 0 Å². The molecule has 2 aromatic heterocycles. The van der Waals surface area contributed by atoms with Crippen molar-refractivity contribution in [2.24, 2.45) is 0 Å². The highest BCUT2D eigenvalue weighted by Crippen LogP contribution is 2.33. The fourth-order valence-corrected chi connectivity index (χ4v) is 3.07. The summed E-state index contributed by atoms with van der Waals surface area (Å²) in [6.07, 6.45) is -3.89. The lowest BCUT2D eigenvalue weighted by molar-refractivity contribution is -0.137. The first-order valence-corrected chi connectivity index (χ1v) is 8.50. The van der Waals surface area contributed by atoms with Crippen molar-refractivity contribution < 1.29 is 22.8 Å². The molecule has 24 heavy (non-hydrogen) atoms. The molecule has 2 rings (SSSR count). The van der Waals surface area contributed by atoms with Gasteiger partial charge in [0.15, 0.2) is 0 Å². The zero-order valence-electron chi connectivity index (χ0n) is 11.7. The number of nitrogens with one attached hydrogen (secondary N) is 2. The number of aromatic nitrogens is 1. The fourth-order valence-electron chi connectivity index (χ4n) is 1.45. The summed E-state index contributed by atoms with van der Waals surface area (Å²) in [4.78, 5) is 27.3.